The molecule has 18 heavy (non-hydrogen) atoms. The molecule has 0 aliphatic rings. The van der Waals surface area contributed by atoms with E-state index in [1.165, 1.54) is 0 Å². The van der Waals surface area contributed by atoms with E-state index in [-0.39, 0.29) is 11.4 Å². The summed E-state index contributed by atoms with van der Waals surface area (Å²) in [6.07, 6.45) is 0. The first kappa shape index (κ1) is 14.5. The Bertz CT molecular complexity index is 441. The third kappa shape index (κ3) is 2.82. The number of methoxy groups -OCH3 is 1. The summed E-state index contributed by atoms with van der Waals surface area (Å²) in [7, 11) is 3.37. The van der Waals surface area contributed by atoms with Gasteiger partial charge in [0.2, 0.25) is 0 Å². The van der Waals surface area contributed by atoms with Gasteiger partial charge in [-0.15, -0.1) is 0 Å². The lowest BCUT2D eigenvalue weighted by atomic mass is 10.0. The molecule has 0 atom stereocenters. The van der Waals surface area contributed by atoms with Crippen molar-refractivity contribution in [1.29, 1.82) is 0 Å². The molecule has 4 heteroatoms. The normalized spacial score (nSPS) is 11.2. The number of amides is 1. The van der Waals surface area contributed by atoms with Crippen molar-refractivity contribution in [2.24, 2.45) is 5.73 Å². The number of hydrogen-bond donors (Lipinski definition) is 1. The van der Waals surface area contributed by atoms with Crippen molar-refractivity contribution in [3.05, 3.63) is 29.3 Å². The van der Waals surface area contributed by atoms with Crippen LogP contribution in [0.15, 0.2) is 18.2 Å². The van der Waals surface area contributed by atoms with Gasteiger partial charge < -0.3 is 15.4 Å². The molecule has 1 aromatic rings. The highest BCUT2D eigenvalue weighted by Crippen LogP contribution is 2.21. The van der Waals surface area contributed by atoms with Gasteiger partial charge in [0.25, 0.3) is 5.91 Å². The van der Waals surface area contributed by atoms with Crippen molar-refractivity contribution >= 4 is 5.91 Å². The van der Waals surface area contributed by atoms with Gasteiger partial charge in [-0.3, -0.25) is 4.79 Å². The van der Waals surface area contributed by atoms with Crippen molar-refractivity contribution in [1.82, 2.24) is 4.90 Å². The maximum absolute atomic E-state index is 12.3. The molecule has 100 valence electrons. The third-order valence-electron chi connectivity index (χ3n) is 3.37. The highest BCUT2D eigenvalue weighted by Gasteiger charge is 2.27. The molecule has 0 saturated carbocycles. The fourth-order valence-corrected chi connectivity index (χ4v) is 1.56. The number of ether oxygens (including phenoxy) is 1. The summed E-state index contributed by atoms with van der Waals surface area (Å²) in [6.45, 7) is 6.24. The summed E-state index contributed by atoms with van der Waals surface area (Å²) in [6, 6.07) is 5.46. The van der Waals surface area contributed by atoms with E-state index in [9.17, 15) is 4.79 Å². The molecule has 1 amide bonds. The zero-order valence-electron chi connectivity index (χ0n) is 11.8. The number of carbonyl (C=O) groups is 1. The van der Waals surface area contributed by atoms with Gasteiger partial charge in [0.05, 0.1) is 7.11 Å². The van der Waals surface area contributed by atoms with Crippen LogP contribution in [0, 0.1) is 6.92 Å². The van der Waals surface area contributed by atoms with Crippen LogP contribution < -0.4 is 10.5 Å². The Morgan fingerprint density at radius 1 is 1.44 bits per heavy atom. The number of aryl methyl sites for hydroxylation is 1. The lowest BCUT2D eigenvalue weighted by Crippen LogP contribution is -2.50. The molecule has 4 nitrogen and oxygen atoms in total. The van der Waals surface area contributed by atoms with E-state index in [0.717, 1.165) is 11.3 Å². The van der Waals surface area contributed by atoms with Gasteiger partial charge in [-0.25, -0.2) is 0 Å². The van der Waals surface area contributed by atoms with Crippen molar-refractivity contribution in [2.75, 3.05) is 20.7 Å². The minimum absolute atomic E-state index is 0.0521. The van der Waals surface area contributed by atoms with Crippen LogP contribution in [-0.4, -0.2) is 37.0 Å². The second-order valence-corrected chi connectivity index (χ2v) is 5.07. The van der Waals surface area contributed by atoms with Gasteiger partial charge in [-0.1, -0.05) is 6.07 Å². The standard InChI is InChI=1S/C14H22N2O2/c1-10-6-7-11(8-12(10)18-5)13(17)16(4)14(2,3)9-15/h6-8H,9,15H2,1-5H3. The molecule has 0 unspecified atom stereocenters. The van der Waals surface area contributed by atoms with Crippen LogP contribution in [0.5, 0.6) is 5.75 Å². The molecule has 1 aromatic carbocycles. The second kappa shape index (κ2) is 5.40. The Hall–Kier alpha value is -1.55. The minimum Gasteiger partial charge on any atom is -0.496 e. The molecule has 0 saturated heterocycles. The Kier molecular flexibility index (Phi) is 4.35. The smallest absolute Gasteiger partial charge is 0.254 e. The van der Waals surface area contributed by atoms with E-state index in [2.05, 4.69) is 0 Å². The van der Waals surface area contributed by atoms with Gasteiger partial charge in [-0.05, 0) is 38.5 Å². The van der Waals surface area contributed by atoms with E-state index in [4.69, 9.17) is 10.5 Å². The molecule has 0 aromatic heterocycles. The van der Waals surface area contributed by atoms with Crippen molar-refractivity contribution in [3.8, 4) is 5.75 Å². The van der Waals surface area contributed by atoms with Crippen LogP contribution in [0.1, 0.15) is 29.8 Å². The molecule has 0 aliphatic carbocycles. The number of hydrogen-bond acceptors (Lipinski definition) is 3. The average molecular weight is 250 g/mol. The molecule has 0 radical (unpaired) electrons. The van der Waals surface area contributed by atoms with Crippen LogP contribution in [0.3, 0.4) is 0 Å². The summed E-state index contributed by atoms with van der Waals surface area (Å²) in [5.74, 6) is 0.670. The zero-order valence-corrected chi connectivity index (χ0v) is 11.8. The Morgan fingerprint density at radius 2 is 2.06 bits per heavy atom. The molecule has 2 N–H and O–H groups in total. The Balaban J connectivity index is 3.04. The van der Waals surface area contributed by atoms with E-state index < -0.39 is 0 Å². The number of carbonyl (C=O) groups excluding carboxylic acids is 1. The van der Waals surface area contributed by atoms with Crippen LogP contribution in [-0.2, 0) is 0 Å². The number of benzene rings is 1. The molecular weight excluding hydrogens is 228 g/mol. The van der Waals surface area contributed by atoms with E-state index in [0.29, 0.717) is 12.1 Å². The summed E-state index contributed by atoms with van der Waals surface area (Å²) < 4.78 is 5.23. The average Bonchev–Trinajstić information content (AvgIpc) is 2.37. The van der Waals surface area contributed by atoms with Crippen molar-refractivity contribution in [3.63, 3.8) is 0 Å². The lowest BCUT2D eigenvalue weighted by molar-refractivity contribution is 0.0640. The molecule has 0 heterocycles. The molecule has 0 spiro atoms. The molecule has 0 fully saturated rings. The highest BCUT2D eigenvalue weighted by molar-refractivity contribution is 5.95. The van der Waals surface area contributed by atoms with Gasteiger partial charge in [0.15, 0.2) is 0 Å². The van der Waals surface area contributed by atoms with Crippen molar-refractivity contribution in [2.45, 2.75) is 26.3 Å². The predicted octanol–water partition coefficient (Wildman–Crippen LogP) is 1.81. The summed E-state index contributed by atoms with van der Waals surface area (Å²) >= 11 is 0. The number of nitrogens with zero attached hydrogens (tertiary/aromatic N) is 1. The van der Waals surface area contributed by atoms with Crippen LogP contribution in [0.2, 0.25) is 0 Å². The quantitative estimate of drug-likeness (QED) is 0.886. The molecular formula is C14H22N2O2. The third-order valence-corrected chi connectivity index (χ3v) is 3.37. The van der Waals surface area contributed by atoms with Gasteiger partial charge in [0, 0.05) is 24.7 Å². The fraction of sp³-hybridized carbons (Fsp3) is 0.500. The number of likely N-dealkylation sites (N-methyl/N-ethyl adjacent to an activating group) is 1. The van der Waals surface area contributed by atoms with Crippen LogP contribution in [0.4, 0.5) is 0 Å². The second-order valence-electron chi connectivity index (χ2n) is 5.07. The lowest BCUT2D eigenvalue weighted by Gasteiger charge is -2.34. The minimum atomic E-state index is -0.366. The molecule has 0 bridgehead atoms. The SMILES string of the molecule is COc1cc(C(=O)N(C)C(C)(C)CN)ccc1C. The first-order valence-electron chi connectivity index (χ1n) is 5.96. The van der Waals surface area contributed by atoms with E-state index in [1.54, 1.807) is 25.1 Å². The fourth-order valence-electron chi connectivity index (χ4n) is 1.56. The summed E-state index contributed by atoms with van der Waals surface area (Å²) in [4.78, 5) is 14.0. The monoisotopic (exact) mass is 250 g/mol. The first-order chi connectivity index (χ1) is 8.33. The summed E-state index contributed by atoms with van der Waals surface area (Å²) in [5.41, 5.74) is 6.94. The van der Waals surface area contributed by atoms with Crippen LogP contribution >= 0.6 is 0 Å². The zero-order chi connectivity index (χ0) is 13.9. The summed E-state index contributed by atoms with van der Waals surface area (Å²) in [5, 5.41) is 0. The maximum Gasteiger partial charge on any atom is 0.254 e. The van der Waals surface area contributed by atoms with Gasteiger partial charge in [-0.2, -0.15) is 0 Å². The molecule has 0 aliphatic heterocycles. The van der Waals surface area contributed by atoms with E-state index in [1.807, 2.05) is 32.9 Å². The molecule has 1 rings (SSSR count). The Morgan fingerprint density at radius 3 is 2.56 bits per heavy atom. The topological polar surface area (TPSA) is 55.6 Å². The maximum atomic E-state index is 12.3. The van der Waals surface area contributed by atoms with Gasteiger partial charge in [0.1, 0.15) is 5.75 Å². The van der Waals surface area contributed by atoms with E-state index >= 15 is 0 Å². The number of nitrogens with two attached hydrogens (primary N) is 1. The number of rotatable bonds is 4. The van der Waals surface area contributed by atoms with Gasteiger partial charge >= 0.3 is 0 Å². The largest absolute Gasteiger partial charge is 0.496 e. The first-order valence-corrected chi connectivity index (χ1v) is 5.96. The van der Waals surface area contributed by atoms with Crippen molar-refractivity contribution < 1.29 is 9.53 Å². The predicted molar refractivity (Wildman–Crippen MR) is 73.0 cm³/mol. The highest BCUT2D eigenvalue weighted by atomic mass is 16.5. The Labute approximate surface area is 109 Å². The van der Waals surface area contributed by atoms with Crippen LogP contribution in [0.25, 0.3) is 0 Å².